The second kappa shape index (κ2) is 8.35. The third kappa shape index (κ3) is 4.02. The van der Waals surface area contributed by atoms with Gasteiger partial charge in [-0.2, -0.15) is 0 Å². The number of fused-ring (bicyclic) bond motifs is 1. The summed E-state index contributed by atoms with van der Waals surface area (Å²) in [6.07, 6.45) is 7.53. The third-order valence-electron chi connectivity index (χ3n) is 5.24. The lowest BCUT2D eigenvalue weighted by Crippen LogP contribution is -2.13. The minimum atomic E-state index is 0.830. The van der Waals surface area contributed by atoms with Gasteiger partial charge in [0.2, 0.25) is 0 Å². The minimum absolute atomic E-state index is 0.830. The van der Waals surface area contributed by atoms with Crippen LogP contribution >= 0.6 is 0 Å². The van der Waals surface area contributed by atoms with E-state index >= 15 is 0 Å². The van der Waals surface area contributed by atoms with Crippen LogP contribution in [-0.2, 0) is 19.6 Å². The van der Waals surface area contributed by atoms with Gasteiger partial charge in [0.15, 0.2) is 0 Å². The number of hydrogen-bond acceptors (Lipinski definition) is 3. The van der Waals surface area contributed by atoms with Gasteiger partial charge in [-0.3, -0.25) is 4.57 Å². The number of hydrogen-bond donors (Lipinski definition) is 1. The Kier molecular flexibility index (Phi) is 5.10. The molecule has 5 nitrogen and oxygen atoms in total. The van der Waals surface area contributed by atoms with Gasteiger partial charge in [-0.05, 0) is 41.0 Å². The number of nitrogens with zero attached hydrogens (tertiary/aromatic N) is 4. The molecular weight excluding hydrogens is 370 g/mol. The molecule has 0 amide bonds. The first-order valence-electron chi connectivity index (χ1n) is 10.1. The number of aromatic nitrogens is 4. The van der Waals surface area contributed by atoms with Gasteiger partial charge in [-0.1, -0.05) is 48.5 Å². The van der Waals surface area contributed by atoms with E-state index < -0.39 is 0 Å². The number of benzene rings is 3. The van der Waals surface area contributed by atoms with Crippen molar-refractivity contribution < 1.29 is 0 Å². The van der Waals surface area contributed by atoms with E-state index in [0.29, 0.717) is 0 Å². The van der Waals surface area contributed by atoms with Crippen molar-refractivity contribution in [3.63, 3.8) is 0 Å². The molecule has 1 N–H and O–H groups in total. The molecule has 0 spiro atoms. The summed E-state index contributed by atoms with van der Waals surface area (Å²) in [4.78, 5) is 8.58. The second-order valence-corrected chi connectivity index (χ2v) is 7.43. The monoisotopic (exact) mass is 393 g/mol. The summed E-state index contributed by atoms with van der Waals surface area (Å²) in [7, 11) is 0. The van der Waals surface area contributed by atoms with Crippen LogP contribution in [0.15, 0.2) is 97.8 Å². The average Bonchev–Trinajstić information content (AvgIpc) is 3.45. The van der Waals surface area contributed by atoms with E-state index in [2.05, 4.69) is 79.0 Å². The maximum atomic E-state index is 4.48. The highest BCUT2D eigenvalue weighted by Gasteiger charge is 2.04. The lowest BCUT2D eigenvalue weighted by Gasteiger charge is -2.09. The van der Waals surface area contributed by atoms with E-state index in [9.17, 15) is 0 Å². The first-order valence-corrected chi connectivity index (χ1v) is 10.1. The normalized spacial score (nSPS) is 11.2. The fourth-order valence-corrected chi connectivity index (χ4v) is 3.72. The molecule has 0 aliphatic carbocycles. The van der Waals surface area contributed by atoms with E-state index in [1.165, 1.54) is 16.7 Å². The fraction of sp³-hybridized carbons (Fsp3) is 0.120. The average molecular weight is 393 g/mol. The highest BCUT2D eigenvalue weighted by Crippen LogP contribution is 2.18. The van der Waals surface area contributed by atoms with E-state index in [0.717, 1.165) is 36.4 Å². The van der Waals surface area contributed by atoms with Crippen molar-refractivity contribution in [1.29, 1.82) is 0 Å². The van der Waals surface area contributed by atoms with Crippen molar-refractivity contribution in [1.82, 2.24) is 24.4 Å². The molecule has 148 valence electrons. The number of para-hydroxylation sites is 2. The summed E-state index contributed by atoms with van der Waals surface area (Å²) in [6.45, 7) is 2.51. The Hall–Kier alpha value is -3.70. The highest BCUT2D eigenvalue weighted by atomic mass is 15.0. The smallest absolute Gasteiger partial charge is 0.100 e. The van der Waals surface area contributed by atoms with Crippen molar-refractivity contribution >= 4 is 11.0 Å². The summed E-state index contributed by atoms with van der Waals surface area (Å²) >= 11 is 0. The van der Waals surface area contributed by atoms with Crippen LogP contribution < -0.4 is 5.32 Å². The van der Waals surface area contributed by atoms with Gasteiger partial charge in [-0.15, -0.1) is 0 Å². The van der Waals surface area contributed by atoms with Crippen LogP contribution in [0.4, 0.5) is 0 Å². The Morgan fingerprint density at radius 1 is 0.767 bits per heavy atom. The third-order valence-corrected chi connectivity index (χ3v) is 5.24. The largest absolute Gasteiger partial charge is 0.333 e. The van der Waals surface area contributed by atoms with Crippen LogP contribution in [0.1, 0.15) is 16.7 Å². The molecule has 0 aliphatic heterocycles. The molecular formula is C25H23N5. The lowest BCUT2D eigenvalue weighted by atomic mass is 10.1. The molecule has 5 heteroatoms. The maximum absolute atomic E-state index is 4.48. The summed E-state index contributed by atoms with van der Waals surface area (Å²) in [6, 6.07) is 25.5. The molecule has 5 aromatic rings. The molecule has 2 heterocycles. The quantitative estimate of drug-likeness (QED) is 0.441. The number of nitrogens with one attached hydrogen (secondary N) is 1. The molecule has 0 saturated carbocycles. The van der Waals surface area contributed by atoms with E-state index in [1.54, 1.807) is 0 Å². The van der Waals surface area contributed by atoms with Gasteiger partial charge < -0.3 is 9.88 Å². The Balaban J connectivity index is 1.20. The van der Waals surface area contributed by atoms with Crippen molar-refractivity contribution in [3.05, 3.63) is 115 Å². The SMILES string of the molecule is c1cc(CNCc2ccc(-n3cnc4ccccc43)cc2)cc(Cn2ccnc2)c1. The topological polar surface area (TPSA) is 47.7 Å². The van der Waals surface area contributed by atoms with Crippen LogP contribution in [0, 0.1) is 0 Å². The van der Waals surface area contributed by atoms with Gasteiger partial charge in [0, 0.05) is 37.7 Å². The fourth-order valence-electron chi connectivity index (χ4n) is 3.72. The molecule has 0 atom stereocenters. The zero-order valence-corrected chi connectivity index (χ0v) is 16.6. The van der Waals surface area contributed by atoms with Crippen LogP contribution in [0.5, 0.6) is 0 Å². The van der Waals surface area contributed by atoms with Crippen LogP contribution in [0.2, 0.25) is 0 Å². The lowest BCUT2D eigenvalue weighted by molar-refractivity contribution is 0.691. The first-order chi connectivity index (χ1) is 14.8. The zero-order chi connectivity index (χ0) is 20.2. The maximum Gasteiger partial charge on any atom is 0.100 e. The summed E-state index contributed by atoms with van der Waals surface area (Å²) in [5.41, 5.74) is 7.09. The molecule has 0 aliphatic rings. The summed E-state index contributed by atoms with van der Waals surface area (Å²) in [5, 5.41) is 3.55. The first kappa shape index (κ1) is 18.3. The molecule has 0 radical (unpaired) electrons. The molecule has 5 rings (SSSR count). The van der Waals surface area contributed by atoms with Crippen molar-refractivity contribution in [2.75, 3.05) is 0 Å². The Bertz CT molecular complexity index is 1240. The Morgan fingerprint density at radius 3 is 2.47 bits per heavy atom. The molecule has 2 aromatic heterocycles. The Morgan fingerprint density at radius 2 is 1.60 bits per heavy atom. The van der Waals surface area contributed by atoms with E-state index in [-0.39, 0.29) is 0 Å². The van der Waals surface area contributed by atoms with Crippen LogP contribution in [0.25, 0.3) is 16.7 Å². The van der Waals surface area contributed by atoms with Gasteiger partial charge in [-0.25, -0.2) is 9.97 Å². The molecule has 0 saturated heterocycles. The number of rotatable bonds is 7. The van der Waals surface area contributed by atoms with Gasteiger partial charge in [0.25, 0.3) is 0 Å². The molecule has 3 aromatic carbocycles. The van der Waals surface area contributed by atoms with E-state index in [1.807, 2.05) is 43.2 Å². The zero-order valence-electron chi connectivity index (χ0n) is 16.6. The standard InChI is InChI=1S/C25H23N5/c1-2-7-25-24(6-1)28-19-30(25)23-10-8-20(9-11-23)15-27-16-21-4-3-5-22(14-21)17-29-13-12-26-18-29/h1-14,18-19,27H,15-17H2. The van der Waals surface area contributed by atoms with Crippen LogP contribution in [-0.4, -0.2) is 19.1 Å². The van der Waals surface area contributed by atoms with Crippen molar-refractivity contribution in [2.24, 2.45) is 0 Å². The highest BCUT2D eigenvalue weighted by molar-refractivity contribution is 5.77. The predicted molar refractivity (Wildman–Crippen MR) is 119 cm³/mol. The molecule has 0 unspecified atom stereocenters. The molecule has 30 heavy (non-hydrogen) atoms. The number of imidazole rings is 2. The van der Waals surface area contributed by atoms with Gasteiger partial charge >= 0.3 is 0 Å². The molecule has 0 fully saturated rings. The van der Waals surface area contributed by atoms with Crippen molar-refractivity contribution in [2.45, 2.75) is 19.6 Å². The Labute approximate surface area is 175 Å². The van der Waals surface area contributed by atoms with Gasteiger partial charge in [0.05, 0.1) is 17.4 Å². The molecule has 0 bridgehead atoms. The van der Waals surface area contributed by atoms with E-state index in [4.69, 9.17) is 0 Å². The minimum Gasteiger partial charge on any atom is -0.333 e. The second-order valence-electron chi connectivity index (χ2n) is 7.43. The van der Waals surface area contributed by atoms with Gasteiger partial charge in [0.1, 0.15) is 6.33 Å². The predicted octanol–water partition coefficient (Wildman–Crippen LogP) is 4.56. The summed E-state index contributed by atoms with van der Waals surface area (Å²) in [5.74, 6) is 0. The van der Waals surface area contributed by atoms with Crippen molar-refractivity contribution in [3.8, 4) is 5.69 Å². The summed E-state index contributed by atoms with van der Waals surface area (Å²) < 4.78 is 4.20. The van der Waals surface area contributed by atoms with Crippen LogP contribution in [0.3, 0.4) is 0 Å².